The molecule has 1 heterocycles. The van der Waals surface area contributed by atoms with Gasteiger partial charge in [0.05, 0.1) is 7.11 Å². The molecule has 4 heteroatoms. The zero-order valence-electron chi connectivity index (χ0n) is 11.6. The molecule has 4 nitrogen and oxygen atoms in total. The van der Waals surface area contributed by atoms with Crippen LogP contribution in [0.25, 0.3) is 0 Å². The van der Waals surface area contributed by atoms with Crippen molar-refractivity contribution in [2.75, 3.05) is 33.8 Å². The van der Waals surface area contributed by atoms with Gasteiger partial charge in [0, 0.05) is 6.54 Å². The van der Waals surface area contributed by atoms with Gasteiger partial charge in [-0.1, -0.05) is 13.3 Å². The number of carbonyl (C=O) groups excluding carboxylic acids is 1. The summed E-state index contributed by atoms with van der Waals surface area (Å²) in [6, 6.07) is 0. The van der Waals surface area contributed by atoms with Crippen LogP contribution >= 0.6 is 0 Å². The lowest BCUT2D eigenvalue weighted by Gasteiger charge is -2.37. The highest BCUT2D eigenvalue weighted by molar-refractivity contribution is 5.80. The van der Waals surface area contributed by atoms with Crippen LogP contribution in [0.1, 0.15) is 33.1 Å². The Labute approximate surface area is 105 Å². The highest BCUT2D eigenvalue weighted by Crippen LogP contribution is 2.21. The number of hydrogen-bond acceptors (Lipinski definition) is 4. The number of carbonyl (C=O) groups is 1. The minimum absolute atomic E-state index is 0.183. The molecule has 1 rings (SSSR count). The molecule has 0 aliphatic carbocycles. The Morgan fingerprint density at radius 2 is 2.06 bits per heavy atom. The fraction of sp³-hybridized carbons (Fsp3) is 0.923. The predicted octanol–water partition coefficient (Wildman–Crippen LogP) is 1.26. The lowest BCUT2D eigenvalue weighted by atomic mass is 9.93. The van der Waals surface area contributed by atoms with Gasteiger partial charge in [0.15, 0.2) is 0 Å². The molecule has 1 N–H and O–H groups in total. The van der Waals surface area contributed by atoms with E-state index in [0.717, 1.165) is 25.6 Å². The number of rotatable bonds is 5. The zero-order chi connectivity index (χ0) is 12.9. The molecule has 1 aliphatic heterocycles. The van der Waals surface area contributed by atoms with E-state index in [4.69, 9.17) is 4.74 Å². The van der Waals surface area contributed by atoms with E-state index < -0.39 is 5.54 Å². The number of methoxy groups -OCH3 is 1. The maximum absolute atomic E-state index is 11.7. The third-order valence-corrected chi connectivity index (χ3v) is 4.01. The van der Waals surface area contributed by atoms with Crippen LogP contribution in [-0.4, -0.2) is 50.2 Å². The van der Waals surface area contributed by atoms with Crippen molar-refractivity contribution in [1.29, 1.82) is 0 Å². The van der Waals surface area contributed by atoms with Crippen LogP contribution in [0.15, 0.2) is 0 Å². The molecular formula is C13H26N2O2. The van der Waals surface area contributed by atoms with Crippen molar-refractivity contribution in [2.24, 2.45) is 5.92 Å². The SMILES string of the molecule is CCC1CCN(CC(C)(NC)C(=O)OC)CC1. The molecule has 0 aromatic carbocycles. The van der Waals surface area contributed by atoms with E-state index in [9.17, 15) is 4.79 Å². The number of esters is 1. The smallest absolute Gasteiger partial charge is 0.327 e. The van der Waals surface area contributed by atoms with Crippen LogP contribution < -0.4 is 5.32 Å². The predicted molar refractivity (Wildman–Crippen MR) is 68.9 cm³/mol. The van der Waals surface area contributed by atoms with Crippen LogP contribution in [0.5, 0.6) is 0 Å². The highest BCUT2D eigenvalue weighted by atomic mass is 16.5. The van der Waals surface area contributed by atoms with E-state index in [0.29, 0.717) is 0 Å². The molecule has 0 amide bonds. The Bertz CT molecular complexity index is 250. The van der Waals surface area contributed by atoms with Crippen molar-refractivity contribution < 1.29 is 9.53 Å². The van der Waals surface area contributed by atoms with Crippen molar-refractivity contribution in [2.45, 2.75) is 38.6 Å². The van der Waals surface area contributed by atoms with Crippen molar-refractivity contribution in [3.8, 4) is 0 Å². The van der Waals surface area contributed by atoms with Crippen LogP contribution in [-0.2, 0) is 9.53 Å². The molecule has 0 saturated carbocycles. The van der Waals surface area contributed by atoms with Gasteiger partial charge in [0.1, 0.15) is 5.54 Å². The first-order chi connectivity index (χ1) is 8.05. The van der Waals surface area contributed by atoms with Crippen LogP contribution in [0.3, 0.4) is 0 Å². The number of nitrogens with one attached hydrogen (secondary N) is 1. The summed E-state index contributed by atoms with van der Waals surface area (Å²) in [6.07, 6.45) is 3.77. The maximum Gasteiger partial charge on any atom is 0.327 e. The van der Waals surface area contributed by atoms with Gasteiger partial charge >= 0.3 is 5.97 Å². The second kappa shape index (κ2) is 6.36. The molecule has 0 radical (unpaired) electrons. The largest absolute Gasteiger partial charge is 0.468 e. The van der Waals surface area contributed by atoms with Crippen LogP contribution in [0.2, 0.25) is 0 Å². The van der Waals surface area contributed by atoms with Crippen molar-refractivity contribution >= 4 is 5.97 Å². The van der Waals surface area contributed by atoms with E-state index in [1.54, 1.807) is 0 Å². The molecule has 1 aliphatic rings. The Morgan fingerprint density at radius 1 is 1.47 bits per heavy atom. The Hall–Kier alpha value is -0.610. The fourth-order valence-electron chi connectivity index (χ4n) is 2.47. The van der Waals surface area contributed by atoms with Gasteiger partial charge < -0.3 is 15.0 Å². The van der Waals surface area contributed by atoms with E-state index in [-0.39, 0.29) is 5.97 Å². The molecule has 1 fully saturated rings. The van der Waals surface area contributed by atoms with Crippen LogP contribution in [0.4, 0.5) is 0 Å². The summed E-state index contributed by atoms with van der Waals surface area (Å²) in [6.45, 7) is 7.07. The molecule has 100 valence electrons. The van der Waals surface area contributed by atoms with Crippen molar-refractivity contribution in [3.63, 3.8) is 0 Å². The third-order valence-electron chi connectivity index (χ3n) is 4.01. The number of likely N-dealkylation sites (tertiary alicyclic amines) is 1. The fourth-order valence-corrected chi connectivity index (χ4v) is 2.47. The standard InChI is InChI=1S/C13H26N2O2/c1-5-11-6-8-15(9-7-11)10-13(2,14-3)12(16)17-4/h11,14H,5-10H2,1-4H3. The zero-order valence-corrected chi connectivity index (χ0v) is 11.6. The van der Waals surface area contributed by atoms with E-state index in [2.05, 4.69) is 17.1 Å². The molecule has 0 aromatic rings. The summed E-state index contributed by atoms with van der Waals surface area (Å²) < 4.78 is 4.86. The number of piperidine rings is 1. The highest BCUT2D eigenvalue weighted by Gasteiger charge is 2.35. The Kier molecular flexibility index (Phi) is 5.40. The summed E-state index contributed by atoms with van der Waals surface area (Å²) in [4.78, 5) is 14.1. The molecule has 17 heavy (non-hydrogen) atoms. The monoisotopic (exact) mass is 242 g/mol. The molecule has 1 unspecified atom stereocenters. The average molecular weight is 242 g/mol. The number of likely N-dealkylation sites (N-methyl/N-ethyl adjacent to an activating group) is 1. The number of hydrogen-bond donors (Lipinski definition) is 1. The number of ether oxygens (including phenoxy) is 1. The second-order valence-electron chi connectivity index (χ2n) is 5.20. The molecule has 1 atom stereocenters. The summed E-state index contributed by atoms with van der Waals surface area (Å²) in [7, 11) is 3.26. The average Bonchev–Trinajstić information content (AvgIpc) is 2.38. The maximum atomic E-state index is 11.7. The Balaban J connectivity index is 2.50. The van der Waals surface area contributed by atoms with Gasteiger partial charge in [-0.3, -0.25) is 4.79 Å². The summed E-state index contributed by atoms with van der Waals surface area (Å²) in [5.74, 6) is 0.683. The van der Waals surface area contributed by atoms with Gasteiger partial charge in [-0.05, 0) is 45.8 Å². The first-order valence-corrected chi connectivity index (χ1v) is 6.55. The lowest BCUT2D eigenvalue weighted by molar-refractivity contribution is -0.148. The lowest BCUT2D eigenvalue weighted by Crippen LogP contribution is -2.57. The molecular weight excluding hydrogens is 216 g/mol. The minimum atomic E-state index is -0.589. The summed E-state index contributed by atoms with van der Waals surface area (Å²) >= 11 is 0. The molecule has 1 saturated heterocycles. The van der Waals surface area contributed by atoms with Crippen molar-refractivity contribution in [3.05, 3.63) is 0 Å². The number of nitrogens with zero attached hydrogens (tertiary/aromatic N) is 1. The van der Waals surface area contributed by atoms with Gasteiger partial charge in [0.2, 0.25) is 0 Å². The van der Waals surface area contributed by atoms with Gasteiger partial charge in [-0.2, -0.15) is 0 Å². The molecule has 0 aromatic heterocycles. The summed E-state index contributed by atoms with van der Waals surface area (Å²) in [5.41, 5.74) is -0.589. The minimum Gasteiger partial charge on any atom is -0.468 e. The Morgan fingerprint density at radius 3 is 2.47 bits per heavy atom. The molecule has 0 bridgehead atoms. The second-order valence-corrected chi connectivity index (χ2v) is 5.20. The van der Waals surface area contributed by atoms with Crippen molar-refractivity contribution in [1.82, 2.24) is 10.2 Å². The summed E-state index contributed by atoms with van der Waals surface area (Å²) in [5, 5.41) is 3.09. The van der Waals surface area contributed by atoms with E-state index in [1.807, 2.05) is 14.0 Å². The van der Waals surface area contributed by atoms with Gasteiger partial charge in [0.25, 0.3) is 0 Å². The van der Waals surface area contributed by atoms with E-state index in [1.165, 1.54) is 26.4 Å². The third kappa shape index (κ3) is 3.68. The van der Waals surface area contributed by atoms with Crippen LogP contribution in [0, 0.1) is 5.92 Å². The molecule has 0 spiro atoms. The van der Waals surface area contributed by atoms with Gasteiger partial charge in [-0.15, -0.1) is 0 Å². The quantitative estimate of drug-likeness (QED) is 0.737. The van der Waals surface area contributed by atoms with E-state index >= 15 is 0 Å². The topological polar surface area (TPSA) is 41.6 Å². The first-order valence-electron chi connectivity index (χ1n) is 6.55. The first kappa shape index (κ1) is 14.5. The van der Waals surface area contributed by atoms with Gasteiger partial charge in [-0.25, -0.2) is 0 Å². The normalized spacial score (nSPS) is 22.1.